The van der Waals surface area contributed by atoms with Crippen LogP contribution in [0.3, 0.4) is 0 Å². The number of primary amides is 1. The zero-order valence-electron chi connectivity index (χ0n) is 8.87. The molecular weight excluding hydrogens is 285 g/mol. The first-order valence-corrected chi connectivity index (χ1v) is 5.43. The van der Waals surface area contributed by atoms with Crippen LogP contribution in [0.25, 0.3) is 0 Å². The first kappa shape index (κ1) is 14.3. The number of carboxylic acid groups (broad SMARTS) is 1. The van der Waals surface area contributed by atoms with Crippen molar-refractivity contribution < 1.29 is 19.5 Å². The van der Waals surface area contributed by atoms with Gasteiger partial charge >= 0.3 is 5.97 Å². The summed E-state index contributed by atoms with van der Waals surface area (Å²) in [4.78, 5) is 35.5. The Hall–Kier alpha value is -1.73. The van der Waals surface area contributed by atoms with Crippen molar-refractivity contribution in [2.24, 2.45) is 5.73 Å². The Morgan fingerprint density at radius 3 is 2.44 bits per heavy atom. The smallest absolute Gasteiger partial charge is 0.326 e. The predicted molar refractivity (Wildman–Crippen MR) is 63.5 cm³/mol. The molecule has 1 aromatic rings. The number of carbonyl (C=O) groups is 3. The molecule has 2 amide bonds. The van der Waals surface area contributed by atoms with Crippen molar-refractivity contribution >= 4 is 41.0 Å². The van der Waals surface area contributed by atoms with E-state index in [1.807, 2.05) is 0 Å². The van der Waals surface area contributed by atoms with Gasteiger partial charge in [-0.25, -0.2) is 4.79 Å². The Morgan fingerprint density at radius 1 is 1.44 bits per heavy atom. The minimum absolute atomic E-state index is 0.0132. The third-order valence-corrected chi connectivity index (χ3v) is 2.67. The molecule has 0 bridgehead atoms. The molecule has 0 saturated carbocycles. The van der Waals surface area contributed by atoms with Crippen molar-refractivity contribution in [1.82, 2.24) is 10.3 Å². The molecule has 9 heteroatoms. The highest BCUT2D eigenvalue weighted by Gasteiger charge is 2.23. The number of carboxylic acids is 1. The van der Waals surface area contributed by atoms with Crippen molar-refractivity contribution in [3.63, 3.8) is 0 Å². The number of aromatic nitrogens is 1. The number of hydrogen-bond donors (Lipinski definition) is 4. The van der Waals surface area contributed by atoms with E-state index in [2.05, 4.69) is 10.3 Å². The molecule has 0 aliphatic heterocycles. The molecule has 98 valence electrons. The van der Waals surface area contributed by atoms with Crippen LogP contribution < -0.4 is 11.1 Å². The third kappa shape index (κ3) is 3.64. The van der Waals surface area contributed by atoms with Gasteiger partial charge in [-0.1, -0.05) is 23.2 Å². The lowest BCUT2D eigenvalue weighted by molar-refractivity contribution is -0.140. The van der Waals surface area contributed by atoms with E-state index in [-0.39, 0.29) is 15.9 Å². The van der Waals surface area contributed by atoms with Crippen LogP contribution in [-0.2, 0) is 9.59 Å². The maximum absolute atomic E-state index is 11.6. The normalized spacial score (nSPS) is 11.9. The number of nitrogens with two attached hydrogens (primary N) is 1. The Bertz CT molecular complexity index is 481. The highest BCUT2D eigenvalue weighted by atomic mass is 35.5. The second kappa shape index (κ2) is 5.74. The summed E-state index contributed by atoms with van der Waals surface area (Å²) in [6.45, 7) is 0. The molecular formula is C9H9Cl2N3O4. The third-order valence-electron chi connectivity index (χ3n) is 1.98. The van der Waals surface area contributed by atoms with E-state index in [0.29, 0.717) is 0 Å². The molecule has 0 spiro atoms. The SMILES string of the molecule is NC(=O)CC(NC(=O)c1cc(Cl)c(Cl)[nH]1)C(=O)O. The fraction of sp³-hybridized carbons (Fsp3) is 0.222. The Morgan fingerprint density at radius 2 is 2.06 bits per heavy atom. The van der Waals surface area contributed by atoms with Gasteiger partial charge in [0.05, 0.1) is 11.4 Å². The number of rotatable bonds is 5. The molecule has 1 heterocycles. The largest absolute Gasteiger partial charge is 0.480 e. The van der Waals surface area contributed by atoms with Crippen molar-refractivity contribution in [2.45, 2.75) is 12.5 Å². The second-order valence-electron chi connectivity index (χ2n) is 3.38. The van der Waals surface area contributed by atoms with Gasteiger partial charge in [0.2, 0.25) is 5.91 Å². The summed E-state index contributed by atoms with van der Waals surface area (Å²) >= 11 is 11.2. The van der Waals surface area contributed by atoms with Crippen LogP contribution in [0.1, 0.15) is 16.9 Å². The molecule has 1 aromatic heterocycles. The van der Waals surface area contributed by atoms with Crippen LogP contribution in [0.4, 0.5) is 0 Å². The van der Waals surface area contributed by atoms with E-state index in [1.165, 1.54) is 6.07 Å². The lowest BCUT2D eigenvalue weighted by Gasteiger charge is -2.11. The summed E-state index contributed by atoms with van der Waals surface area (Å²) in [7, 11) is 0. The summed E-state index contributed by atoms with van der Waals surface area (Å²) in [6, 6.07) is -0.168. The average Bonchev–Trinajstić information content (AvgIpc) is 2.57. The van der Waals surface area contributed by atoms with Gasteiger partial charge in [-0.15, -0.1) is 0 Å². The molecule has 0 fully saturated rings. The summed E-state index contributed by atoms with van der Waals surface area (Å²) in [5.74, 6) is -2.96. The predicted octanol–water partition coefficient (Wildman–Crippen LogP) is 0.380. The lowest BCUT2D eigenvalue weighted by atomic mass is 10.2. The molecule has 7 nitrogen and oxygen atoms in total. The maximum atomic E-state index is 11.6. The molecule has 0 aliphatic carbocycles. The first-order valence-electron chi connectivity index (χ1n) is 4.67. The fourth-order valence-corrected chi connectivity index (χ4v) is 1.48. The van der Waals surface area contributed by atoms with Gasteiger partial charge in [0.15, 0.2) is 0 Å². The van der Waals surface area contributed by atoms with Gasteiger partial charge in [-0.2, -0.15) is 0 Å². The van der Waals surface area contributed by atoms with Crippen LogP contribution in [0.15, 0.2) is 6.07 Å². The van der Waals surface area contributed by atoms with Crippen molar-refractivity contribution in [2.75, 3.05) is 0 Å². The number of H-pyrrole nitrogens is 1. The Balaban J connectivity index is 2.78. The summed E-state index contributed by atoms with van der Waals surface area (Å²) < 4.78 is 0. The minimum atomic E-state index is -1.41. The summed E-state index contributed by atoms with van der Waals surface area (Å²) in [6.07, 6.45) is -0.511. The number of aromatic amines is 1. The van der Waals surface area contributed by atoms with Crippen LogP contribution in [-0.4, -0.2) is 33.9 Å². The lowest BCUT2D eigenvalue weighted by Crippen LogP contribution is -2.43. The zero-order valence-corrected chi connectivity index (χ0v) is 10.4. The molecule has 0 saturated heterocycles. The molecule has 0 aromatic carbocycles. The van der Waals surface area contributed by atoms with Crippen molar-refractivity contribution in [1.29, 1.82) is 0 Å². The van der Waals surface area contributed by atoms with E-state index in [9.17, 15) is 14.4 Å². The number of hydrogen-bond acceptors (Lipinski definition) is 3. The Kier molecular flexibility index (Phi) is 4.57. The molecule has 0 aliphatic rings. The van der Waals surface area contributed by atoms with Gasteiger partial charge in [0, 0.05) is 0 Å². The first-order chi connectivity index (χ1) is 8.31. The molecule has 1 rings (SSSR count). The van der Waals surface area contributed by atoms with Crippen LogP contribution in [0, 0.1) is 0 Å². The number of nitrogens with one attached hydrogen (secondary N) is 2. The van der Waals surface area contributed by atoms with Crippen LogP contribution in [0.2, 0.25) is 10.2 Å². The van der Waals surface area contributed by atoms with E-state index in [0.717, 1.165) is 0 Å². The minimum Gasteiger partial charge on any atom is -0.480 e. The summed E-state index contributed by atoms with van der Waals surface area (Å²) in [5, 5.41) is 11.1. The van der Waals surface area contributed by atoms with Gasteiger partial charge in [0.1, 0.15) is 16.9 Å². The van der Waals surface area contributed by atoms with Gasteiger partial charge < -0.3 is 21.1 Å². The highest BCUT2D eigenvalue weighted by Crippen LogP contribution is 2.21. The Labute approximate surface area is 111 Å². The molecule has 0 radical (unpaired) electrons. The monoisotopic (exact) mass is 293 g/mol. The van der Waals surface area contributed by atoms with Crippen molar-refractivity contribution in [3.8, 4) is 0 Å². The van der Waals surface area contributed by atoms with E-state index < -0.39 is 30.2 Å². The van der Waals surface area contributed by atoms with Crippen LogP contribution in [0.5, 0.6) is 0 Å². The number of halogens is 2. The van der Waals surface area contributed by atoms with Crippen molar-refractivity contribution in [3.05, 3.63) is 21.9 Å². The maximum Gasteiger partial charge on any atom is 0.326 e. The molecule has 5 N–H and O–H groups in total. The topological polar surface area (TPSA) is 125 Å². The van der Waals surface area contributed by atoms with Gasteiger partial charge in [-0.05, 0) is 6.07 Å². The number of amides is 2. The highest BCUT2D eigenvalue weighted by molar-refractivity contribution is 6.41. The second-order valence-corrected chi connectivity index (χ2v) is 4.16. The number of carbonyl (C=O) groups excluding carboxylic acids is 2. The molecule has 1 atom stereocenters. The summed E-state index contributed by atoms with van der Waals surface area (Å²) in [5.41, 5.74) is 4.86. The van der Waals surface area contributed by atoms with E-state index in [4.69, 9.17) is 34.0 Å². The molecule has 1 unspecified atom stereocenters. The number of aliphatic carboxylic acids is 1. The van der Waals surface area contributed by atoms with Gasteiger partial charge in [0.25, 0.3) is 5.91 Å². The molecule has 18 heavy (non-hydrogen) atoms. The zero-order chi connectivity index (χ0) is 13.9. The van der Waals surface area contributed by atoms with Gasteiger partial charge in [-0.3, -0.25) is 9.59 Å². The van der Waals surface area contributed by atoms with Crippen LogP contribution >= 0.6 is 23.2 Å². The average molecular weight is 294 g/mol. The fourth-order valence-electron chi connectivity index (χ4n) is 1.16. The quantitative estimate of drug-likeness (QED) is 0.626. The standard InChI is InChI=1S/C9H9Cl2N3O4/c10-3-1-4(13-7(3)11)8(16)14-5(9(17)18)2-6(12)15/h1,5,13H,2H2,(H2,12,15)(H,14,16)(H,17,18). The van der Waals surface area contributed by atoms with E-state index in [1.54, 1.807) is 0 Å². The van der Waals surface area contributed by atoms with E-state index >= 15 is 0 Å².